The molecule has 35 heavy (non-hydrogen) atoms. The van der Waals surface area contributed by atoms with Crippen molar-refractivity contribution in [2.45, 2.75) is 24.8 Å². The lowest BCUT2D eigenvalue weighted by Crippen LogP contribution is -2.35. The van der Waals surface area contributed by atoms with E-state index in [-0.39, 0.29) is 18.9 Å². The van der Waals surface area contributed by atoms with Crippen molar-refractivity contribution in [3.8, 4) is 5.75 Å². The Hall–Kier alpha value is -3.85. The van der Waals surface area contributed by atoms with Crippen LogP contribution in [0.5, 0.6) is 5.75 Å². The van der Waals surface area contributed by atoms with E-state index in [0.29, 0.717) is 23.1 Å². The molecule has 3 aromatic rings. The molecular weight excluding hydrogens is 463 g/mol. The van der Waals surface area contributed by atoms with E-state index in [1.165, 1.54) is 24.3 Å². The van der Waals surface area contributed by atoms with Crippen LogP contribution in [0.25, 0.3) is 0 Å². The molecule has 0 aliphatic carbocycles. The van der Waals surface area contributed by atoms with Gasteiger partial charge in [-0.15, -0.1) is 0 Å². The molecule has 0 radical (unpaired) electrons. The highest BCUT2D eigenvalue weighted by Gasteiger charge is 2.31. The number of nitrogens with one attached hydrogen (secondary N) is 1. The molecule has 182 valence electrons. The minimum absolute atomic E-state index is 0.0419. The number of carbonyl (C=O) groups excluding carboxylic acids is 2. The van der Waals surface area contributed by atoms with Crippen LogP contribution in [0.2, 0.25) is 0 Å². The van der Waals surface area contributed by atoms with Crippen molar-refractivity contribution in [2.24, 2.45) is 0 Å². The third-order valence-electron chi connectivity index (χ3n) is 5.52. The largest absolute Gasteiger partial charge is 0.491 e. The van der Waals surface area contributed by atoms with Crippen LogP contribution in [0.15, 0.2) is 72.8 Å². The van der Waals surface area contributed by atoms with Crippen LogP contribution < -0.4 is 10.1 Å². The monoisotopic (exact) mass is 485 g/mol. The Kier molecular flexibility index (Phi) is 7.07. The molecule has 2 unspecified atom stereocenters. The predicted octanol–water partition coefficient (Wildman–Crippen LogP) is 4.33. The van der Waals surface area contributed by atoms with Crippen molar-refractivity contribution < 1.29 is 37.3 Å². The van der Waals surface area contributed by atoms with Gasteiger partial charge in [-0.3, -0.25) is 4.79 Å². The molecule has 1 aliphatic rings. The Labute approximate surface area is 199 Å². The summed E-state index contributed by atoms with van der Waals surface area (Å²) in [5.41, 5.74) is 1.37. The van der Waals surface area contributed by atoms with Crippen LogP contribution >= 0.6 is 0 Å². The van der Waals surface area contributed by atoms with Gasteiger partial charge in [0.2, 0.25) is 0 Å². The van der Waals surface area contributed by atoms with Gasteiger partial charge in [0, 0.05) is 18.5 Å². The van der Waals surface area contributed by atoms with Gasteiger partial charge in [-0.05, 0) is 47.5 Å². The van der Waals surface area contributed by atoms with Gasteiger partial charge in [-0.1, -0.05) is 36.4 Å². The van der Waals surface area contributed by atoms with E-state index < -0.39 is 35.8 Å². The second-order valence-corrected chi connectivity index (χ2v) is 8.08. The molecule has 0 spiro atoms. The Morgan fingerprint density at radius 2 is 1.86 bits per heavy atom. The number of benzene rings is 3. The number of fused-ring (bicyclic) bond motifs is 1. The molecule has 0 bridgehead atoms. The van der Waals surface area contributed by atoms with Gasteiger partial charge in [-0.2, -0.15) is 13.2 Å². The molecule has 0 aromatic heterocycles. The highest BCUT2D eigenvalue weighted by atomic mass is 19.4. The second kappa shape index (κ2) is 10.2. The molecule has 1 heterocycles. The SMILES string of the molecule is O=C(NCC(O)COc1cccc(C(F)(F)F)c1)c1ccc2c(c1)CC(c1ccccc1)OC2=O. The number of halogens is 3. The predicted molar refractivity (Wildman–Crippen MR) is 120 cm³/mol. The van der Waals surface area contributed by atoms with Crippen LogP contribution in [-0.2, 0) is 17.3 Å². The van der Waals surface area contributed by atoms with Crippen LogP contribution in [-0.4, -0.2) is 36.2 Å². The number of ether oxygens (including phenoxy) is 2. The first-order valence-corrected chi connectivity index (χ1v) is 10.9. The molecule has 6 nitrogen and oxygen atoms in total. The van der Waals surface area contributed by atoms with E-state index in [1.807, 2.05) is 30.3 Å². The van der Waals surface area contributed by atoms with Crippen molar-refractivity contribution in [2.75, 3.05) is 13.2 Å². The Balaban J connectivity index is 1.34. The number of aliphatic hydroxyl groups excluding tert-OH is 1. The number of alkyl halides is 3. The van der Waals surface area contributed by atoms with Gasteiger partial charge in [0.15, 0.2) is 0 Å². The van der Waals surface area contributed by atoms with Gasteiger partial charge >= 0.3 is 12.1 Å². The molecule has 0 fully saturated rings. The quantitative estimate of drug-likeness (QED) is 0.487. The van der Waals surface area contributed by atoms with Gasteiger partial charge in [-0.25, -0.2) is 4.79 Å². The lowest BCUT2D eigenvalue weighted by atomic mass is 9.93. The number of rotatable bonds is 7. The zero-order valence-electron chi connectivity index (χ0n) is 18.4. The van der Waals surface area contributed by atoms with Crippen molar-refractivity contribution >= 4 is 11.9 Å². The summed E-state index contributed by atoms with van der Waals surface area (Å²) < 4.78 is 49.1. The summed E-state index contributed by atoms with van der Waals surface area (Å²) >= 11 is 0. The van der Waals surface area contributed by atoms with Crippen molar-refractivity contribution in [3.63, 3.8) is 0 Å². The summed E-state index contributed by atoms with van der Waals surface area (Å²) in [6, 6.07) is 18.2. The molecule has 2 atom stereocenters. The topological polar surface area (TPSA) is 84.9 Å². The zero-order valence-corrected chi connectivity index (χ0v) is 18.4. The normalized spacial score (nSPS) is 16.1. The molecule has 4 rings (SSSR count). The van der Waals surface area contributed by atoms with E-state index in [0.717, 1.165) is 17.7 Å². The first kappa shape index (κ1) is 24.3. The lowest BCUT2D eigenvalue weighted by Gasteiger charge is -2.25. The molecule has 0 saturated heterocycles. The fraction of sp³-hybridized carbons (Fsp3) is 0.231. The molecule has 3 aromatic carbocycles. The smallest absolute Gasteiger partial charge is 0.416 e. The van der Waals surface area contributed by atoms with Gasteiger partial charge in [0.1, 0.15) is 24.6 Å². The van der Waals surface area contributed by atoms with Gasteiger partial charge in [0.05, 0.1) is 11.1 Å². The fourth-order valence-electron chi connectivity index (χ4n) is 3.72. The number of cyclic esters (lactones) is 1. The second-order valence-electron chi connectivity index (χ2n) is 8.08. The number of aliphatic hydroxyl groups is 1. The summed E-state index contributed by atoms with van der Waals surface area (Å²) in [6.45, 7) is -0.486. The highest BCUT2D eigenvalue weighted by molar-refractivity contribution is 5.97. The summed E-state index contributed by atoms with van der Waals surface area (Å²) in [6.07, 6.45) is -5.69. The van der Waals surface area contributed by atoms with Crippen LogP contribution in [0, 0.1) is 0 Å². The van der Waals surface area contributed by atoms with Gasteiger partial charge < -0.3 is 19.9 Å². The summed E-state index contributed by atoms with van der Waals surface area (Å²) in [5, 5.41) is 12.7. The van der Waals surface area contributed by atoms with E-state index in [4.69, 9.17) is 9.47 Å². The van der Waals surface area contributed by atoms with Crippen molar-refractivity contribution in [1.82, 2.24) is 5.32 Å². The average Bonchev–Trinajstić information content (AvgIpc) is 2.85. The van der Waals surface area contributed by atoms with E-state index in [2.05, 4.69) is 5.32 Å². The number of hydrogen-bond donors (Lipinski definition) is 2. The van der Waals surface area contributed by atoms with Crippen molar-refractivity contribution in [1.29, 1.82) is 0 Å². The number of hydrogen-bond acceptors (Lipinski definition) is 5. The molecule has 0 saturated carbocycles. The van der Waals surface area contributed by atoms with Crippen LogP contribution in [0.3, 0.4) is 0 Å². The number of amides is 1. The summed E-state index contributed by atoms with van der Waals surface area (Å²) in [7, 11) is 0. The standard InChI is InChI=1S/C26H22F3NO5/c27-26(28,29)19-7-4-8-21(13-19)34-15-20(31)14-30-24(32)17-9-10-22-18(11-17)12-23(35-25(22)33)16-5-2-1-3-6-16/h1-11,13,20,23,31H,12,14-15H2,(H,30,32). The molecular formula is C26H22F3NO5. The average molecular weight is 485 g/mol. The fourth-order valence-corrected chi connectivity index (χ4v) is 3.72. The third-order valence-corrected chi connectivity index (χ3v) is 5.52. The minimum atomic E-state index is -4.50. The first-order chi connectivity index (χ1) is 16.7. The maximum atomic E-state index is 12.8. The highest BCUT2D eigenvalue weighted by Crippen LogP contribution is 2.32. The minimum Gasteiger partial charge on any atom is -0.491 e. The zero-order chi connectivity index (χ0) is 25.0. The Bertz CT molecular complexity index is 1210. The number of esters is 1. The molecule has 1 aliphatic heterocycles. The summed E-state index contributed by atoms with van der Waals surface area (Å²) in [4.78, 5) is 25.0. The maximum absolute atomic E-state index is 12.8. The van der Waals surface area contributed by atoms with E-state index in [1.54, 1.807) is 6.07 Å². The maximum Gasteiger partial charge on any atom is 0.416 e. The molecule has 9 heteroatoms. The first-order valence-electron chi connectivity index (χ1n) is 10.9. The Morgan fingerprint density at radius 3 is 2.60 bits per heavy atom. The van der Waals surface area contributed by atoms with Crippen LogP contribution in [0.1, 0.15) is 43.5 Å². The third kappa shape index (κ3) is 5.99. The van der Waals surface area contributed by atoms with Gasteiger partial charge in [0.25, 0.3) is 5.91 Å². The Morgan fingerprint density at radius 1 is 1.09 bits per heavy atom. The molecule has 1 amide bonds. The molecule has 2 N–H and O–H groups in total. The van der Waals surface area contributed by atoms with Crippen molar-refractivity contribution in [3.05, 3.63) is 101 Å². The van der Waals surface area contributed by atoms with E-state index in [9.17, 15) is 27.9 Å². The number of carbonyl (C=O) groups is 2. The van der Waals surface area contributed by atoms with E-state index >= 15 is 0 Å². The summed E-state index contributed by atoms with van der Waals surface area (Å²) in [5.74, 6) is -0.977. The van der Waals surface area contributed by atoms with Crippen LogP contribution in [0.4, 0.5) is 13.2 Å². The lowest BCUT2D eigenvalue weighted by molar-refractivity contribution is -0.137.